The third-order valence-electron chi connectivity index (χ3n) is 7.82. The van der Waals surface area contributed by atoms with Gasteiger partial charge < -0.3 is 28.7 Å². The van der Waals surface area contributed by atoms with Crippen molar-refractivity contribution in [1.29, 1.82) is 0 Å². The number of nitrogens with one attached hydrogen (secondary N) is 1. The number of hydrogen-bond donors (Lipinski definition) is 1. The lowest BCUT2D eigenvalue weighted by Gasteiger charge is -2.36. The largest absolute Gasteiger partial charge is 0.447 e. The van der Waals surface area contributed by atoms with E-state index in [0.717, 1.165) is 0 Å². The number of anilines is 1. The van der Waals surface area contributed by atoms with Crippen molar-refractivity contribution in [3.8, 4) is 11.3 Å². The Morgan fingerprint density at radius 1 is 1.02 bits per heavy atom. The molecule has 0 radical (unpaired) electrons. The molecule has 1 saturated heterocycles. The second-order valence-electron chi connectivity index (χ2n) is 12.6. The Kier molecular flexibility index (Phi) is 12.6. The van der Waals surface area contributed by atoms with E-state index in [2.05, 4.69) is 10.5 Å². The number of aryl methyl sites for hydroxylation is 1. The third-order valence-corrected chi connectivity index (χ3v) is 8.24. The number of amides is 4. The van der Waals surface area contributed by atoms with Gasteiger partial charge in [0.05, 0.1) is 11.1 Å². The maximum absolute atomic E-state index is 13.9. The van der Waals surface area contributed by atoms with Crippen molar-refractivity contribution in [3.05, 3.63) is 70.8 Å². The van der Waals surface area contributed by atoms with Crippen LogP contribution in [0.2, 0.25) is 5.02 Å². The van der Waals surface area contributed by atoms with Crippen molar-refractivity contribution in [3.63, 3.8) is 0 Å². The van der Waals surface area contributed by atoms with Gasteiger partial charge in [0.1, 0.15) is 29.5 Å². The van der Waals surface area contributed by atoms with E-state index in [4.69, 9.17) is 25.6 Å². The predicted octanol–water partition coefficient (Wildman–Crippen LogP) is 6.14. The zero-order chi connectivity index (χ0) is 35.7. The number of likely N-dealkylation sites (N-methyl/N-ethyl adjacent to an activating group) is 1. The van der Waals surface area contributed by atoms with Gasteiger partial charge in [-0.15, -0.1) is 0 Å². The lowest BCUT2D eigenvalue weighted by molar-refractivity contribution is -0.136. The molecule has 1 N–H and O–H groups in total. The van der Waals surface area contributed by atoms with Crippen molar-refractivity contribution in [2.45, 2.75) is 58.1 Å². The van der Waals surface area contributed by atoms with E-state index in [1.807, 2.05) is 0 Å². The first kappa shape index (κ1) is 37.1. The molecule has 1 aromatic heterocycles. The van der Waals surface area contributed by atoms with Gasteiger partial charge in [-0.2, -0.15) is 0 Å². The summed E-state index contributed by atoms with van der Waals surface area (Å²) < 4.78 is 43.5. The fourth-order valence-electron chi connectivity index (χ4n) is 5.09. The Hall–Kier alpha value is -4.72. The summed E-state index contributed by atoms with van der Waals surface area (Å²) in [4.78, 5) is 56.1. The van der Waals surface area contributed by atoms with E-state index in [-0.39, 0.29) is 55.0 Å². The minimum atomic E-state index is -0.899. The van der Waals surface area contributed by atoms with E-state index in [0.29, 0.717) is 43.0 Å². The fraction of sp³-hybridized carbons (Fsp3) is 0.441. The van der Waals surface area contributed by atoms with E-state index in [1.165, 1.54) is 48.3 Å². The molecule has 4 rings (SSSR count). The van der Waals surface area contributed by atoms with Crippen LogP contribution in [0.1, 0.15) is 45.6 Å². The fourth-order valence-corrected chi connectivity index (χ4v) is 5.31. The molecule has 15 heteroatoms. The summed E-state index contributed by atoms with van der Waals surface area (Å²) in [5.74, 6) is -1.60. The van der Waals surface area contributed by atoms with E-state index in [9.17, 15) is 28.0 Å². The van der Waals surface area contributed by atoms with Gasteiger partial charge in [-0.05, 0) is 57.4 Å². The molecule has 1 aliphatic rings. The van der Waals surface area contributed by atoms with Crippen LogP contribution in [0.3, 0.4) is 0 Å². The first-order valence-electron chi connectivity index (χ1n) is 15.8. The van der Waals surface area contributed by atoms with Gasteiger partial charge in [-0.3, -0.25) is 14.9 Å². The van der Waals surface area contributed by atoms with E-state index in [1.54, 1.807) is 42.7 Å². The molecule has 1 fully saturated rings. The average molecular weight is 704 g/mol. The number of carbonyl (C=O) groups excluding carboxylic acids is 4. The second kappa shape index (κ2) is 16.6. The number of carbonyl (C=O) groups is 4. The quantitative estimate of drug-likeness (QED) is 0.252. The molecule has 0 saturated carbocycles. The molecule has 12 nitrogen and oxygen atoms in total. The standard InChI is InChI=1S/C34H40ClF2N5O7/c1-34(2,3)48-33(46)42-17-15-41(16-18-42)30(44)14-12-25(40(4)29(43)13-11-22-7-6-10-26(37)31(22)35)21-47-32(45)38-28-20-27(39-49-28)23-8-5-9-24(36)19-23/h5-10,19-20,25H,11-18,21H2,1-4H3,(H,38,45)/t25-/m0/s1. The summed E-state index contributed by atoms with van der Waals surface area (Å²) in [6, 6.07) is 10.8. The van der Waals surface area contributed by atoms with Gasteiger partial charge in [-0.1, -0.05) is 41.0 Å². The first-order valence-corrected chi connectivity index (χ1v) is 16.2. The van der Waals surface area contributed by atoms with Crippen LogP contribution in [-0.4, -0.2) is 95.3 Å². The highest BCUT2D eigenvalue weighted by molar-refractivity contribution is 6.31. The number of benzene rings is 2. The number of nitrogens with zero attached hydrogens (tertiary/aromatic N) is 4. The summed E-state index contributed by atoms with van der Waals surface area (Å²) in [5, 5.41) is 6.20. The Morgan fingerprint density at radius 3 is 2.41 bits per heavy atom. The van der Waals surface area contributed by atoms with Crippen molar-refractivity contribution >= 4 is 41.5 Å². The Labute approximate surface area is 288 Å². The highest BCUT2D eigenvalue weighted by atomic mass is 35.5. The number of halogens is 3. The van der Waals surface area contributed by atoms with Gasteiger partial charge >= 0.3 is 12.2 Å². The lowest BCUT2D eigenvalue weighted by atomic mass is 10.1. The summed E-state index contributed by atoms with van der Waals surface area (Å²) in [6.45, 7) is 6.36. The zero-order valence-corrected chi connectivity index (χ0v) is 28.6. The lowest BCUT2D eigenvalue weighted by Crippen LogP contribution is -2.51. The molecule has 264 valence electrons. The van der Waals surface area contributed by atoms with Crippen molar-refractivity contribution in [2.75, 3.05) is 45.2 Å². The van der Waals surface area contributed by atoms with Crippen LogP contribution in [0.15, 0.2) is 53.1 Å². The molecule has 0 unspecified atom stereocenters. The van der Waals surface area contributed by atoms with Gasteiger partial charge in [0, 0.05) is 57.7 Å². The van der Waals surface area contributed by atoms with Gasteiger partial charge in [0.25, 0.3) is 0 Å². The predicted molar refractivity (Wildman–Crippen MR) is 177 cm³/mol. The van der Waals surface area contributed by atoms with Crippen molar-refractivity contribution in [2.24, 2.45) is 0 Å². The molecular formula is C34H40ClF2N5O7. The van der Waals surface area contributed by atoms with Crippen LogP contribution >= 0.6 is 11.6 Å². The molecule has 4 amide bonds. The zero-order valence-electron chi connectivity index (χ0n) is 27.8. The maximum Gasteiger partial charge on any atom is 0.414 e. The summed E-state index contributed by atoms with van der Waals surface area (Å²) in [6.07, 6.45) is -0.978. The average Bonchev–Trinajstić information content (AvgIpc) is 3.52. The summed E-state index contributed by atoms with van der Waals surface area (Å²) >= 11 is 6.06. The number of piperazine rings is 1. The van der Waals surface area contributed by atoms with Crippen molar-refractivity contribution < 1.29 is 42.0 Å². The summed E-state index contributed by atoms with van der Waals surface area (Å²) in [7, 11) is 1.53. The molecule has 3 aromatic rings. The van der Waals surface area contributed by atoms with E-state index < -0.39 is 35.5 Å². The molecular weight excluding hydrogens is 664 g/mol. The Balaban J connectivity index is 1.35. The normalized spacial score (nSPS) is 13.9. The van der Waals surface area contributed by atoms with Gasteiger partial charge in [0.15, 0.2) is 0 Å². The van der Waals surface area contributed by atoms with Gasteiger partial charge in [-0.25, -0.2) is 18.4 Å². The smallest absolute Gasteiger partial charge is 0.414 e. The molecule has 2 heterocycles. The van der Waals surface area contributed by atoms with E-state index >= 15 is 0 Å². The van der Waals surface area contributed by atoms with Crippen LogP contribution < -0.4 is 5.32 Å². The van der Waals surface area contributed by atoms with Crippen molar-refractivity contribution in [1.82, 2.24) is 19.9 Å². The SMILES string of the molecule is CN(C(=O)CCc1cccc(F)c1Cl)[C@@H](CCC(=O)N1CCN(C(=O)OC(C)(C)C)CC1)COC(=O)Nc1cc(-c2cccc(F)c2)no1. The molecule has 1 atom stereocenters. The minimum absolute atomic E-state index is 0.0101. The molecule has 2 aromatic carbocycles. The Bertz CT molecular complexity index is 1640. The number of ether oxygens (including phenoxy) is 2. The van der Waals surface area contributed by atoms with Crippen LogP contribution in [0.4, 0.5) is 24.3 Å². The van der Waals surface area contributed by atoms with Gasteiger partial charge in [0.2, 0.25) is 17.7 Å². The molecule has 49 heavy (non-hydrogen) atoms. The maximum atomic E-state index is 13.9. The first-order chi connectivity index (χ1) is 23.2. The number of rotatable bonds is 11. The molecule has 0 bridgehead atoms. The Morgan fingerprint density at radius 2 is 1.71 bits per heavy atom. The third kappa shape index (κ3) is 10.9. The number of hydrogen-bond acceptors (Lipinski definition) is 8. The monoisotopic (exact) mass is 703 g/mol. The minimum Gasteiger partial charge on any atom is -0.447 e. The van der Waals surface area contributed by atoms with Crippen LogP contribution in [-0.2, 0) is 25.5 Å². The molecule has 0 aliphatic carbocycles. The highest BCUT2D eigenvalue weighted by Crippen LogP contribution is 2.24. The second-order valence-corrected chi connectivity index (χ2v) is 12.9. The molecule has 0 spiro atoms. The van der Waals surface area contributed by atoms with Crippen LogP contribution in [0.25, 0.3) is 11.3 Å². The molecule has 1 aliphatic heterocycles. The highest BCUT2D eigenvalue weighted by Gasteiger charge is 2.29. The van der Waals surface area contributed by atoms with Crippen LogP contribution in [0.5, 0.6) is 0 Å². The topological polar surface area (TPSA) is 135 Å². The van der Waals surface area contributed by atoms with Crippen LogP contribution in [0, 0.1) is 11.6 Å². The number of aromatic nitrogens is 1. The summed E-state index contributed by atoms with van der Waals surface area (Å²) in [5.41, 5.74) is 0.578.